The van der Waals surface area contributed by atoms with Crippen LogP contribution in [0.3, 0.4) is 0 Å². The Hall–Kier alpha value is -2.58. The van der Waals surface area contributed by atoms with Crippen molar-refractivity contribution in [1.29, 1.82) is 0 Å². The molecule has 0 saturated carbocycles. The van der Waals surface area contributed by atoms with Crippen LogP contribution in [0.4, 0.5) is 5.00 Å². The summed E-state index contributed by atoms with van der Waals surface area (Å²) < 4.78 is 16.7. The van der Waals surface area contributed by atoms with E-state index in [9.17, 15) is 9.59 Å². The van der Waals surface area contributed by atoms with Gasteiger partial charge in [-0.3, -0.25) is 9.69 Å². The number of hydrogen-bond donors (Lipinski definition) is 1. The molecule has 2 aromatic rings. The molecule has 1 aromatic carbocycles. The molecule has 2 heterocycles. The highest BCUT2D eigenvalue weighted by atomic mass is 32.1. The predicted octanol–water partition coefficient (Wildman–Crippen LogP) is 3.12. The fraction of sp³-hybridized carbons (Fsp3) is 0.455. The van der Waals surface area contributed by atoms with Crippen molar-refractivity contribution in [3.8, 4) is 11.5 Å². The number of benzene rings is 1. The van der Waals surface area contributed by atoms with Crippen molar-refractivity contribution in [1.82, 2.24) is 4.90 Å². The van der Waals surface area contributed by atoms with Gasteiger partial charge in [0.05, 0.1) is 19.2 Å². The van der Waals surface area contributed by atoms with E-state index in [1.54, 1.807) is 0 Å². The molecule has 1 N–H and O–H groups in total. The third kappa shape index (κ3) is 4.44. The molecular weight excluding hydrogens is 404 g/mol. The Labute approximate surface area is 179 Å². The number of amides is 1. The third-order valence-corrected chi connectivity index (χ3v) is 6.52. The number of esters is 1. The number of para-hydroxylation sites is 2. The topological polar surface area (TPSA) is 77.1 Å². The summed E-state index contributed by atoms with van der Waals surface area (Å²) in [7, 11) is 3.24. The lowest BCUT2D eigenvalue weighted by molar-refractivity contribution is -0.117. The zero-order valence-electron chi connectivity index (χ0n) is 17.2. The molecule has 1 atom stereocenters. The first kappa shape index (κ1) is 20.7. The number of thiophene rings is 1. The summed E-state index contributed by atoms with van der Waals surface area (Å²) in [5.74, 6) is 0.910. The lowest BCUT2D eigenvalue weighted by Gasteiger charge is -2.29. The molecule has 160 valence electrons. The van der Waals surface area contributed by atoms with Gasteiger partial charge >= 0.3 is 5.97 Å². The predicted molar refractivity (Wildman–Crippen MR) is 115 cm³/mol. The van der Waals surface area contributed by atoms with E-state index < -0.39 is 0 Å². The Kier molecular flexibility index (Phi) is 6.24. The van der Waals surface area contributed by atoms with E-state index in [1.807, 2.05) is 36.2 Å². The number of carbonyl (C=O) groups excluding carboxylic acids is 2. The molecule has 1 aliphatic heterocycles. The van der Waals surface area contributed by atoms with Crippen LogP contribution < -0.4 is 14.8 Å². The van der Waals surface area contributed by atoms with Crippen LogP contribution in [0.15, 0.2) is 24.3 Å². The number of ether oxygens (including phenoxy) is 3. The summed E-state index contributed by atoms with van der Waals surface area (Å²) in [6.07, 6.45) is 3.80. The summed E-state index contributed by atoms with van der Waals surface area (Å²) in [6, 6.07) is 7.56. The van der Waals surface area contributed by atoms with E-state index >= 15 is 0 Å². The van der Waals surface area contributed by atoms with Crippen molar-refractivity contribution in [2.45, 2.75) is 31.8 Å². The quantitative estimate of drug-likeness (QED) is 0.710. The first-order chi connectivity index (χ1) is 14.5. The summed E-state index contributed by atoms with van der Waals surface area (Å²) in [5, 5.41) is 3.53. The number of anilines is 1. The van der Waals surface area contributed by atoms with Crippen molar-refractivity contribution >= 4 is 28.2 Å². The zero-order chi connectivity index (χ0) is 21.1. The highest BCUT2D eigenvalue weighted by molar-refractivity contribution is 7.17. The van der Waals surface area contributed by atoms with Crippen LogP contribution in [-0.2, 0) is 22.4 Å². The summed E-state index contributed by atoms with van der Waals surface area (Å²) in [5.41, 5.74) is 1.56. The first-order valence-corrected chi connectivity index (χ1v) is 11.0. The van der Waals surface area contributed by atoms with Gasteiger partial charge in [0.2, 0.25) is 5.91 Å². The molecule has 1 aliphatic carbocycles. The number of carbonyl (C=O) groups is 2. The Morgan fingerprint density at radius 1 is 1.23 bits per heavy atom. The number of likely N-dealkylation sites (N-methyl/N-ethyl adjacent to an activating group) is 1. The van der Waals surface area contributed by atoms with Gasteiger partial charge in [0.25, 0.3) is 0 Å². The second-order valence-corrected chi connectivity index (χ2v) is 8.75. The van der Waals surface area contributed by atoms with E-state index in [-0.39, 0.29) is 24.5 Å². The number of methoxy groups -OCH3 is 1. The first-order valence-electron chi connectivity index (χ1n) is 10.1. The molecule has 0 saturated heterocycles. The maximum atomic E-state index is 12.7. The van der Waals surface area contributed by atoms with Crippen molar-refractivity contribution in [3.63, 3.8) is 0 Å². The maximum Gasteiger partial charge on any atom is 0.341 e. The van der Waals surface area contributed by atoms with E-state index in [1.165, 1.54) is 23.3 Å². The van der Waals surface area contributed by atoms with Crippen LogP contribution in [0.2, 0.25) is 0 Å². The minimum absolute atomic E-state index is 0.155. The van der Waals surface area contributed by atoms with Gasteiger partial charge in [0, 0.05) is 11.4 Å². The number of aryl methyl sites for hydroxylation is 1. The molecule has 0 radical (unpaired) electrons. The van der Waals surface area contributed by atoms with Gasteiger partial charge in [-0.15, -0.1) is 11.3 Å². The third-order valence-electron chi connectivity index (χ3n) is 5.31. The minimum Gasteiger partial charge on any atom is -0.486 e. The largest absolute Gasteiger partial charge is 0.486 e. The van der Waals surface area contributed by atoms with Crippen LogP contribution >= 0.6 is 11.3 Å². The van der Waals surface area contributed by atoms with Gasteiger partial charge in [0.15, 0.2) is 11.5 Å². The van der Waals surface area contributed by atoms with Crippen molar-refractivity contribution in [3.05, 3.63) is 40.3 Å². The molecule has 2 aliphatic rings. The molecule has 4 rings (SSSR count). The Bertz CT molecular complexity index is 942. The Morgan fingerprint density at radius 2 is 2.00 bits per heavy atom. The SMILES string of the molecule is COC(=O)c1c(NC(=O)CN(C)C[C@H]2COc3ccccc3O2)sc2c1CCCC2. The maximum absolute atomic E-state index is 12.7. The average Bonchev–Trinajstić information content (AvgIpc) is 3.10. The van der Waals surface area contributed by atoms with Crippen LogP contribution in [-0.4, -0.2) is 56.7 Å². The number of nitrogens with zero attached hydrogens (tertiary/aromatic N) is 1. The number of fused-ring (bicyclic) bond motifs is 2. The molecule has 8 heteroatoms. The number of rotatable bonds is 6. The molecule has 0 unspecified atom stereocenters. The normalized spacial score (nSPS) is 17.4. The second kappa shape index (κ2) is 9.06. The van der Waals surface area contributed by atoms with Gasteiger partial charge in [-0.05, 0) is 50.4 Å². The summed E-state index contributed by atoms with van der Waals surface area (Å²) in [6.45, 7) is 1.17. The smallest absolute Gasteiger partial charge is 0.341 e. The fourth-order valence-electron chi connectivity index (χ4n) is 3.95. The highest BCUT2D eigenvalue weighted by Gasteiger charge is 2.27. The highest BCUT2D eigenvalue weighted by Crippen LogP contribution is 2.38. The molecule has 30 heavy (non-hydrogen) atoms. The van der Waals surface area contributed by atoms with Crippen molar-refractivity contribution in [2.75, 3.05) is 39.2 Å². The average molecular weight is 431 g/mol. The molecule has 1 amide bonds. The molecule has 0 fully saturated rings. The van der Waals surface area contributed by atoms with Gasteiger partial charge in [-0.1, -0.05) is 12.1 Å². The van der Waals surface area contributed by atoms with Crippen LogP contribution in [0.25, 0.3) is 0 Å². The lowest BCUT2D eigenvalue weighted by atomic mass is 9.95. The van der Waals surface area contributed by atoms with E-state index in [4.69, 9.17) is 14.2 Å². The van der Waals surface area contributed by atoms with E-state index in [2.05, 4.69) is 5.32 Å². The standard InChI is InChI=1S/C22H26N2O5S/c1-24(11-14-13-28-16-8-4-5-9-17(16)29-14)12-19(25)23-21-20(22(26)27-2)15-7-3-6-10-18(15)30-21/h4-5,8-9,14H,3,6-7,10-13H2,1-2H3,(H,23,25)/t14-/m0/s1. The fourth-order valence-corrected chi connectivity index (χ4v) is 5.24. The number of hydrogen-bond acceptors (Lipinski definition) is 7. The summed E-state index contributed by atoms with van der Waals surface area (Å²) in [4.78, 5) is 28.1. The Balaban J connectivity index is 1.37. The van der Waals surface area contributed by atoms with Crippen molar-refractivity contribution < 1.29 is 23.8 Å². The summed E-state index contributed by atoms with van der Waals surface area (Å²) >= 11 is 1.49. The molecular formula is C22H26N2O5S. The number of nitrogens with one attached hydrogen (secondary N) is 1. The molecule has 0 bridgehead atoms. The van der Waals surface area contributed by atoms with Gasteiger partial charge in [-0.25, -0.2) is 4.79 Å². The van der Waals surface area contributed by atoms with Crippen LogP contribution in [0, 0.1) is 0 Å². The minimum atomic E-state index is -0.385. The molecule has 7 nitrogen and oxygen atoms in total. The zero-order valence-corrected chi connectivity index (χ0v) is 18.0. The Morgan fingerprint density at radius 3 is 2.80 bits per heavy atom. The van der Waals surface area contributed by atoms with Crippen LogP contribution in [0.5, 0.6) is 11.5 Å². The van der Waals surface area contributed by atoms with Gasteiger partial charge < -0.3 is 19.5 Å². The van der Waals surface area contributed by atoms with Crippen LogP contribution in [0.1, 0.15) is 33.6 Å². The van der Waals surface area contributed by atoms with E-state index in [0.717, 1.165) is 42.7 Å². The van der Waals surface area contributed by atoms with E-state index in [0.29, 0.717) is 23.7 Å². The molecule has 0 spiro atoms. The second-order valence-electron chi connectivity index (χ2n) is 7.65. The van der Waals surface area contributed by atoms with Gasteiger partial charge in [-0.2, -0.15) is 0 Å². The van der Waals surface area contributed by atoms with Crippen molar-refractivity contribution in [2.24, 2.45) is 0 Å². The lowest BCUT2D eigenvalue weighted by Crippen LogP contribution is -2.42. The van der Waals surface area contributed by atoms with Gasteiger partial charge in [0.1, 0.15) is 17.7 Å². The monoisotopic (exact) mass is 430 g/mol. The molecule has 1 aromatic heterocycles.